The van der Waals surface area contributed by atoms with Crippen LogP contribution in [-0.4, -0.2) is 28.1 Å². The molecule has 0 radical (unpaired) electrons. The van der Waals surface area contributed by atoms with Crippen molar-refractivity contribution in [1.82, 2.24) is 14.9 Å². The number of aryl methyl sites for hydroxylation is 3. The van der Waals surface area contributed by atoms with E-state index >= 15 is 0 Å². The zero-order valence-corrected chi connectivity index (χ0v) is 15.7. The maximum absolute atomic E-state index is 12.3. The molecule has 2 aromatic carbocycles. The van der Waals surface area contributed by atoms with E-state index in [1.165, 1.54) is 5.56 Å². The number of aromatic nitrogens is 2. The van der Waals surface area contributed by atoms with Crippen LogP contribution in [0.15, 0.2) is 42.5 Å². The number of ether oxygens (including phenoxy) is 1. The highest BCUT2D eigenvalue weighted by Crippen LogP contribution is 2.18. The number of benzene rings is 2. The van der Waals surface area contributed by atoms with Crippen LogP contribution in [0.4, 0.5) is 0 Å². The molecule has 0 bridgehead atoms. The molecular weight excluding hydrogens is 326 g/mol. The molecule has 0 spiro atoms. The molecule has 3 aromatic rings. The van der Waals surface area contributed by atoms with E-state index in [1.54, 1.807) is 6.92 Å². The Morgan fingerprint density at radius 1 is 1.19 bits per heavy atom. The first-order valence-electron chi connectivity index (χ1n) is 8.87. The van der Waals surface area contributed by atoms with Crippen molar-refractivity contribution in [3.63, 3.8) is 0 Å². The molecule has 1 atom stereocenters. The molecule has 1 amide bonds. The van der Waals surface area contributed by atoms with E-state index in [0.717, 1.165) is 22.4 Å². The average Bonchev–Trinajstić information content (AvgIpc) is 2.94. The van der Waals surface area contributed by atoms with Crippen LogP contribution in [-0.2, 0) is 18.3 Å². The molecule has 0 aliphatic heterocycles. The lowest BCUT2D eigenvalue weighted by molar-refractivity contribution is -0.127. The number of hydrogen-bond donors (Lipinski definition) is 1. The molecule has 1 aromatic heterocycles. The van der Waals surface area contributed by atoms with Gasteiger partial charge in [-0.05, 0) is 56.2 Å². The van der Waals surface area contributed by atoms with E-state index in [4.69, 9.17) is 4.74 Å². The standard InChI is InChI=1S/C21H25N3O2/c1-14-9-10-17(13-15(14)2)26-16(3)21(25)22-12-11-20-23-18-7-5-6-8-19(18)24(20)4/h5-10,13,16H,11-12H2,1-4H3,(H,22,25)/t16-/m0/s1. The summed E-state index contributed by atoms with van der Waals surface area (Å²) in [5.74, 6) is 1.54. The van der Waals surface area contributed by atoms with Crippen LogP contribution in [0.3, 0.4) is 0 Å². The molecule has 5 heteroatoms. The fraction of sp³-hybridized carbons (Fsp3) is 0.333. The lowest BCUT2D eigenvalue weighted by Gasteiger charge is -2.15. The maximum atomic E-state index is 12.3. The summed E-state index contributed by atoms with van der Waals surface area (Å²) in [5.41, 5.74) is 4.43. The van der Waals surface area contributed by atoms with Crippen LogP contribution >= 0.6 is 0 Å². The van der Waals surface area contributed by atoms with Crippen molar-refractivity contribution < 1.29 is 9.53 Å². The van der Waals surface area contributed by atoms with Gasteiger partial charge in [-0.2, -0.15) is 0 Å². The van der Waals surface area contributed by atoms with Crippen molar-refractivity contribution in [3.8, 4) is 5.75 Å². The average molecular weight is 351 g/mol. The zero-order valence-electron chi connectivity index (χ0n) is 15.7. The Morgan fingerprint density at radius 2 is 1.96 bits per heavy atom. The Balaban J connectivity index is 1.54. The van der Waals surface area contributed by atoms with Crippen molar-refractivity contribution in [1.29, 1.82) is 0 Å². The summed E-state index contributed by atoms with van der Waals surface area (Å²) in [5, 5.41) is 2.93. The highest BCUT2D eigenvalue weighted by atomic mass is 16.5. The highest BCUT2D eigenvalue weighted by molar-refractivity contribution is 5.80. The fourth-order valence-electron chi connectivity index (χ4n) is 2.91. The molecule has 0 aliphatic rings. The molecule has 0 saturated carbocycles. The van der Waals surface area contributed by atoms with E-state index in [-0.39, 0.29) is 5.91 Å². The summed E-state index contributed by atoms with van der Waals surface area (Å²) >= 11 is 0. The molecule has 1 heterocycles. The SMILES string of the molecule is Cc1ccc(O[C@@H](C)C(=O)NCCc2nc3ccccc3n2C)cc1C. The number of amides is 1. The van der Waals surface area contributed by atoms with Crippen molar-refractivity contribution in [2.75, 3.05) is 6.54 Å². The topological polar surface area (TPSA) is 56.1 Å². The lowest BCUT2D eigenvalue weighted by atomic mass is 10.1. The van der Waals surface area contributed by atoms with E-state index in [9.17, 15) is 4.79 Å². The molecule has 1 N–H and O–H groups in total. The van der Waals surface area contributed by atoms with Crippen LogP contribution in [0.1, 0.15) is 23.9 Å². The van der Waals surface area contributed by atoms with Gasteiger partial charge in [-0.1, -0.05) is 18.2 Å². The Kier molecular flexibility index (Phi) is 5.26. The second kappa shape index (κ2) is 7.60. The first-order chi connectivity index (χ1) is 12.5. The predicted molar refractivity (Wildman–Crippen MR) is 103 cm³/mol. The normalized spacial score (nSPS) is 12.2. The van der Waals surface area contributed by atoms with Crippen LogP contribution in [0.25, 0.3) is 11.0 Å². The van der Waals surface area contributed by atoms with Crippen molar-refractivity contribution in [2.24, 2.45) is 7.05 Å². The minimum absolute atomic E-state index is 0.123. The number of carbonyl (C=O) groups excluding carboxylic acids is 1. The summed E-state index contributed by atoms with van der Waals surface area (Å²) in [6.07, 6.45) is 0.130. The monoisotopic (exact) mass is 351 g/mol. The largest absolute Gasteiger partial charge is 0.481 e. The van der Waals surface area contributed by atoms with Crippen LogP contribution in [0, 0.1) is 13.8 Å². The van der Waals surface area contributed by atoms with Crippen LogP contribution in [0.2, 0.25) is 0 Å². The predicted octanol–water partition coefficient (Wildman–Crippen LogP) is 3.32. The number of nitrogens with zero attached hydrogens (tertiary/aromatic N) is 2. The van der Waals surface area contributed by atoms with Crippen molar-refractivity contribution in [3.05, 3.63) is 59.4 Å². The number of carbonyl (C=O) groups is 1. The van der Waals surface area contributed by atoms with E-state index in [2.05, 4.69) is 21.8 Å². The number of nitrogens with one attached hydrogen (secondary N) is 1. The van der Waals surface area contributed by atoms with Crippen LogP contribution in [0.5, 0.6) is 5.75 Å². The summed E-state index contributed by atoms with van der Waals surface area (Å²) < 4.78 is 7.82. The molecule has 0 unspecified atom stereocenters. The quantitative estimate of drug-likeness (QED) is 0.741. The summed E-state index contributed by atoms with van der Waals surface area (Å²) in [6.45, 7) is 6.37. The van der Waals surface area contributed by atoms with Gasteiger partial charge in [0.15, 0.2) is 6.10 Å². The molecule has 0 saturated heterocycles. The minimum atomic E-state index is -0.544. The van der Waals surface area contributed by atoms with Crippen molar-refractivity contribution >= 4 is 16.9 Å². The number of imidazole rings is 1. The Labute approximate surface area is 154 Å². The van der Waals surface area contributed by atoms with Gasteiger partial charge in [-0.25, -0.2) is 4.98 Å². The molecule has 0 aliphatic carbocycles. The zero-order chi connectivity index (χ0) is 18.7. The van der Waals surface area contributed by atoms with E-state index < -0.39 is 6.10 Å². The first-order valence-corrected chi connectivity index (χ1v) is 8.87. The second-order valence-electron chi connectivity index (χ2n) is 6.62. The number of rotatable bonds is 6. The smallest absolute Gasteiger partial charge is 0.260 e. The minimum Gasteiger partial charge on any atom is -0.481 e. The van der Waals surface area contributed by atoms with Gasteiger partial charge < -0.3 is 14.6 Å². The van der Waals surface area contributed by atoms with Gasteiger partial charge in [0.1, 0.15) is 11.6 Å². The summed E-state index contributed by atoms with van der Waals surface area (Å²) in [4.78, 5) is 16.9. The van der Waals surface area contributed by atoms with Gasteiger partial charge in [0.2, 0.25) is 0 Å². The molecular formula is C21H25N3O2. The third-order valence-electron chi connectivity index (χ3n) is 4.69. The van der Waals surface area contributed by atoms with E-state index in [0.29, 0.717) is 18.7 Å². The summed E-state index contributed by atoms with van der Waals surface area (Å²) in [6, 6.07) is 13.9. The molecule has 136 valence electrons. The van der Waals surface area contributed by atoms with E-state index in [1.807, 2.05) is 56.4 Å². The second-order valence-corrected chi connectivity index (χ2v) is 6.62. The molecule has 3 rings (SSSR count). The Hall–Kier alpha value is -2.82. The van der Waals surface area contributed by atoms with Gasteiger partial charge in [0.25, 0.3) is 5.91 Å². The van der Waals surface area contributed by atoms with Gasteiger partial charge in [-0.15, -0.1) is 0 Å². The van der Waals surface area contributed by atoms with Crippen LogP contribution < -0.4 is 10.1 Å². The Bertz CT molecular complexity index is 930. The molecule has 0 fully saturated rings. The highest BCUT2D eigenvalue weighted by Gasteiger charge is 2.15. The number of fused-ring (bicyclic) bond motifs is 1. The van der Waals surface area contributed by atoms with Gasteiger partial charge >= 0.3 is 0 Å². The van der Waals surface area contributed by atoms with Crippen molar-refractivity contribution in [2.45, 2.75) is 33.3 Å². The van der Waals surface area contributed by atoms with Gasteiger partial charge in [0, 0.05) is 20.0 Å². The molecule has 5 nitrogen and oxygen atoms in total. The number of para-hydroxylation sites is 2. The summed E-state index contributed by atoms with van der Waals surface area (Å²) in [7, 11) is 2.00. The lowest BCUT2D eigenvalue weighted by Crippen LogP contribution is -2.37. The first kappa shape index (κ1) is 18.0. The van der Waals surface area contributed by atoms with Gasteiger partial charge in [-0.3, -0.25) is 4.79 Å². The van der Waals surface area contributed by atoms with Gasteiger partial charge in [0.05, 0.1) is 11.0 Å². The Morgan fingerprint density at radius 3 is 2.69 bits per heavy atom. The third-order valence-corrected chi connectivity index (χ3v) is 4.69. The maximum Gasteiger partial charge on any atom is 0.260 e. The fourth-order valence-corrected chi connectivity index (χ4v) is 2.91. The number of hydrogen-bond acceptors (Lipinski definition) is 3. The molecule has 26 heavy (non-hydrogen) atoms. The third kappa shape index (κ3) is 3.87.